The Balaban J connectivity index is 1.98. The lowest BCUT2D eigenvalue weighted by Crippen LogP contribution is -2.13. The second kappa shape index (κ2) is 6.53. The molecule has 1 aromatic heterocycles. The molecule has 0 aliphatic heterocycles. The summed E-state index contributed by atoms with van der Waals surface area (Å²) in [5.41, 5.74) is 0.627. The van der Waals surface area contributed by atoms with E-state index < -0.39 is 15.8 Å². The fraction of sp³-hybridized carbons (Fsp3) is 0.188. The van der Waals surface area contributed by atoms with Crippen molar-refractivity contribution < 1.29 is 12.8 Å². The van der Waals surface area contributed by atoms with Crippen molar-refractivity contribution in [2.45, 2.75) is 24.8 Å². The van der Waals surface area contributed by atoms with Crippen LogP contribution in [0.3, 0.4) is 0 Å². The molecular weight excluding hydrogens is 369 g/mol. The van der Waals surface area contributed by atoms with E-state index in [1.54, 1.807) is 16.8 Å². The van der Waals surface area contributed by atoms with Gasteiger partial charge < -0.3 is 0 Å². The van der Waals surface area contributed by atoms with Gasteiger partial charge in [-0.05, 0) is 42.8 Å². The number of nitrogens with zero attached hydrogens (tertiary/aromatic N) is 1. The van der Waals surface area contributed by atoms with Crippen LogP contribution in [-0.4, -0.2) is 18.2 Å². The lowest BCUT2D eigenvalue weighted by Gasteiger charge is -2.09. The highest BCUT2D eigenvalue weighted by Crippen LogP contribution is 2.23. The fourth-order valence-electron chi connectivity index (χ4n) is 2.52. The van der Waals surface area contributed by atoms with Crippen molar-refractivity contribution >= 4 is 38.2 Å². The van der Waals surface area contributed by atoms with Gasteiger partial charge >= 0.3 is 0 Å². The number of rotatable bonds is 5. The van der Waals surface area contributed by atoms with E-state index in [4.69, 9.17) is 11.6 Å². The Morgan fingerprint density at radius 2 is 2.00 bits per heavy atom. The van der Waals surface area contributed by atoms with Gasteiger partial charge in [0.2, 0.25) is 0 Å². The first-order valence-electron chi connectivity index (χ1n) is 7.52. The van der Waals surface area contributed by atoms with Gasteiger partial charge in [-0.15, -0.1) is 0 Å². The standard InChI is InChI=1S/C16H15ClFN3O3S/c1-2-7-21-15-6-3-10(8-12(15)16(22)19-21)20-25(23,24)11-4-5-14(18)13(17)9-11/h3-6,8-9,20H,2,7H2,1H3,(H,19,22). The maximum absolute atomic E-state index is 13.2. The van der Waals surface area contributed by atoms with Crippen molar-refractivity contribution in [3.8, 4) is 0 Å². The molecule has 0 aliphatic rings. The minimum atomic E-state index is -3.96. The zero-order valence-electron chi connectivity index (χ0n) is 13.2. The number of hydrogen-bond acceptors (Lipinski definition) is 3. The summed E-state index contributed by atoms with van der Waals surface area (Å²) in [4.78, 5) is 11.9. The van der Waals surface area contributed by atoms with Crippen LogP contribution in [0.25, 0.3) is 10.9 Å². The number of H-pyrrole nitrogens is 1. The average Bonchev–Trinajstić information content (AvgIpc) is 2.86. The third-order valence-electron chi connectivity index (χ3n) is 3.67. The smallest absolute Gasteiger partial charge is 0.272 e. The highest BCUT2D eigenvalue weighted by Gasteiger charge is 2.17. The zero-order chi connectivity index (χ0) is 18.2. The Morgan fingerprint density at radius 1 is 1.24 bits per heavy atom. The number of aryl methyl sites for hydroxylation is 1. The maximum atomic E-state index is 13.2. The van der Waals surface area contributed by atoms with Crippen LogP contribution in [0.1, 0.15) is 13.3 Å². The fourth-order valence-corrected chi connectivity index (χ4v) is 3.84. The van der Waals surface area contributed by atoms with Gasteiger partial charge in [-0.25, -0.2) is 12.8 Å². The van der Waals surface area contributed by atoms with Gasteiger partial charge in [-0.1, -0.05) is 18.5 Å². The van der Waals surface area contributed by atoms with E-state index >= 15 is 0 Å². The molecule has 132 valence electrons. The molecule has 0 saturated heterocycles. The first-order valence-corrected chi connectivity index (χ1v) is 9.38. The number of fused-ring (bicyclic) bond motifs is 1. The lowest BCUT2D eigenvalue weighted by molar-refractivity contribution is 0.599. The van der Waals surface area contributed by atoms with E-state index in [1.807, 2.05) is 6.92 Å². The van der Waals surface area contributed by atoms with Gasteiger partial charge in [0.25, 0.3) is 15.6 Å². The monoisotopic (exact) mass is 383 g/mol. The summed E-state index contributed by atoms with van der Waals surface area (Å²) in [5.74, 6) is -0.703. The molecular formula is C16H15ClFN3O3S. The number of nitrogens with one attached hydrogen (secondary N) is 2. The van der Waals surface area contributed by atoms with Crippen molar-refractivity contribution in [2.75, 3.05) is 4.72 Å². The number of anilines is 1. The van der Waals surface area contributed by atoms with Crippen molar-refractivity contribution in [3.05, 3.63) is 57.6 Å². The highest BCUT2D eigenvalue weighted by molar-refractivity contribution is 7.92. The molecule has 0 bridgehead atoms. The molecule has 0 radical (unpaired) electrons. The number of hydrogen-bond donors (Lipinski definition) is 2. The molecule has 3 rings (SSSR count). The van der Waals surface area contributed by atoms with Crippen LogP contribution in [-0.2, 0) is 16.6 Å². The molecule has 0 unspecified atom stereocenters. The van der Waals surface area contributed by atoms with E-state index in [0.717, 1.165) is 24.6 Å². The average molecular weight is 384 g/mol. The predicted octanol–water partition coefficient (Wildman–Crippen LogP) is 3.33. The van der Waals surface area contributed by atoms with Gasteiger partial charge in [0, 0.05) is 12.2 Å². The number of aromatic amines is 1. The number of aromatic nitrogens is 2. The molecule has 0 amide bonds. The van der Waals surface area contributed by atoms with E-state index in [0.29, 0.717) is 17.4 Å². The van der Waals surface area contributed by atoms with Gasteiger partial charge in [-0.3, -0.25) is 19.3 Å². The van der Waals surface area contributed by atoms with E-state index in [1.165, 1.54) is 6.07 Å². The highest BCUT2D eigenvalue weighted by atomic mass is 35.5. The molecule has 0 atom stereocenters. The van der Waals surface area contributed by atoms with Crippen LogP contribution in [0, 0.1) is 5.82 Å². The van der Waals surface area contributed by atoms with Crippen LogP contribution in [0.5, 0.6) is 0 Å². The molecule has 2 aromatic carbocycles. The maximum Gasteiger partial charge on any atom is 0.272 e. The lowest BCUT2D eigenvalue weighted by atomic mass is 10.2. The first-order chi connectivity index (χ1) is 11.8. The number of sulfonamides is 1. The van der Waals surface area contributed by atoms with E-state index in [2.05, 4.69) is 9.82 Å². The molecule has 0 saturated carbocycles. The van der Waals surface area contributed by atoms with E-state index in [-0.39, 0.29) is 21.2 Å². The van der Waals surface area contributed by atoms with Crippen LogP contribution in [0.2, 0.25) is 5.02 Å². The van der Waals surface area contributed by atoms with Crippen molar-refractivity contribution in [3.63, 3.8) is 0 Å². The molecule has 1 heterocycles. The van der Waals surface area contributed by atoms with Crippen LogP contribution in [0.4, 0.5) is 10.1 Å². The summed E-state index contributed by atoms with van der Waals surface area (Å²) in [6.07, 6.45) is 0.847. The van der Waals surface area contributed by atoms with Crippen molar-refractivity contribution in [2.24, 2.45) is 0 Å². The van der Waals surface area contributed by atoms with Gasteiger partial charge in [0.05, 0.1) is 20.8 Å². The van der Waals surface area contributed by atoms with Gasteiger partial charge in [0.1, 0.15) is 5.82 Å². The quantitative estimate of drug-likeness (QED) is 0.708. The summed E-state index contributed by atoms with van der Waals surface area (Å²) in [7, 11) is -3.96. The molecule has 2 N–H and O–H groups in total. The van der Waals surface area contributed by atoms with Crippen LogP contribution < -0.4 is 10.3 Å². The minimum absolute atomic E-state index is 0.170. The SMILES string of the molecule is CCCn1[nH]c(=O)c2cc(NS(=O)(=O)c3ccc(F)c(Cl)c3)ccc21. The Kier molecular flexibility index (Phi) is 4.57. The molecule has 0 fully saturated rings. The third kappa shape index (κ3) is 3.40. The molecule has 25 heavy (non-hydrogen) atoms. The van der Waals surface area contributed by atoms with Crippen LogP contribution >= 0.6 is 11.6 Å². The Hall–Kier alpha value is -2.32. The zero-order valence-corrected chi connectivity index (χ0v) is 14.8. The third-order valence-corrected chi connectivity index (χ3v) is 5.34. The second-order valence-corrected chi connectivity index (χ2v) is 7.60. The first kappa shape index (κ1) is 17.5. The number of benzene rings is 2. The summed E-state index contributed by atoms with van der Waals surface area (Å²) in [6, 6.07) is 7.82. The normalized spacial score (nSPS) is 11.8. The Morgan fingerprint density at radius 3 is 2.68 bits per heavy atom. The molecule has 9 heteroatoms. The summed E-state index contributed by atoms with van der Waals surface area (Å²) >= 11 is 5.64. The Labute approximate surface area is 148 Å². The topological polar surface area (TPSA) is 84.0 Å². The summed E-state index contributed by atoms with van der Waals surface area (Å²) < 4.78 is 42.1. The molecule has 0 spiro atoms. The minimum Gasteiger partial charge on any atom is -0.284 e. The summed E-state index contributed by atoms with van der Waals surface area (Å²) in [5, 5.41) is 2.81. The van der Waals surface area contributed by atoms with Crippen molar-refractivity contribution in [1.29, 1.82) is 0 Å². The van der Waals surface area contributed by atoms with Gasteiger partial charge in [-0.2, -0.15) is 0 Å². The van der Waals surface area contributed by atoms with E-state index in [9.17, 15) is 17.6 Å². The largest absolute Gasteiger partial charge is 0.284 e. The van der Waals surface area contributed by atoms with Gasteiger partial charge in [0.15, 0.2) is 0 Å². The summed E-state index contributed by atoms with van der Waals surface area (Å²) in [6.45, 7) is 2.64. The number of halogens is 2. The molecule has 0 aliphatic carbocycles. The molecule has 6 nitrogen and oxygen atoms in total. The van der Waals surface area contributed by atoms with Crippen molar-refractivity contribution in [1.82, 2.24) is 9.78 Å². The predicted molar refractivity (Wildman–Crippen MR) is 95.1 cm³/mol. The van der Waals surface area contributed by atoms with Crippen LogP contribution in [0.15, 0.2) is 46.1 Å². The molecule has 3 aromatic rings. The Bertz CT molecular complexity index is 1110. The second-order valence-electron chi connectivity index (χ2n) is 5.51.